The molecule has 4 saturated carbocycles. The lowest BCUT2D eigenvalue weighted by molar-refractivity contribution is -0.259. The molecule has 8 nitrogen and oxygen atoms in total. The van der Waals surface area contributed by atoms with Gasteiger partial charge in [-0.3, -0.25) is 19.2 Å². The van der Waals surface area contributed by atoms with Crippen molar-refractivity contribution in [3.8, 4) is 0 Å². The molecule has 0 amide bonds. The lowest BCUT2D eigenvalue weighted by Crippen LogP contribution is -2.60. The van der Waals surface area contributed by atoms with Gasteiger partial charge in [0.1, 0.15) is 17.3 Å². The fraction of sp³-hybridized carbons (Fsp3) is 0.511. The van der Waals surface area contributed by atoms with Crippen LogP contribution in [0.2, 0.25) is 0 Å². The van der Waals surface area contributed by atoms with Crippen LogP contribution in [-0.4, -0.2) is 53.8 Å². The van der Waals surface area contributed by atoms with E-state index in [2.05, 4.69) is 103 Å². The van der Waals surface area contributed by atoms with Crippen LogP contribution in [0.5, 0.6) is 0 Å². The summed E-state index contributed by atoms with van der Waals surface area (Å²) in [5.41, 5.74) is -1.25. The van der Waals surface area contributed by atoms with Gasteiger partial charge in [0, 0.05) is 43.4 Å². The van der Waals surface area contributed by atoms with Gasteiger partial charge in [-0.1, -0.05) is 75.4 Å². The smallest absolute Gasteiger partial charge is 0.432 e. The summed E-state index contributed by atoms with van der Waals surface area (Å²) in [7, 11) is -6.81. The first-order valence-electron chi connectivity index (χ1n) is 20.2. The molecule has 7 rings (SSSR count). The molecule has 4 aliphatic carbocycles. The van der Waals surface area contributed by atoms with Crippen LogP contribution in [-0.2, 0) is 44.9 Å². The lowest BCUT2D eigenvalue weighted by Gasteiger charge is -2.58. The summed E-state index contributed by atoms with van der Waals surface area (Å²) >= 11 is 0. The molecule has 0 bridgehead atoms. The van der Waals surface area contributed by atoms with E-state index in [1.54, 1.807) is 13.8 Å². The van der Waals surface area contributed by atoms with E-state index < -0.39 is 51.4 Å². The average molecular weight is 877 g/mol. The first-order valence-corrected chi connectivity index (χ1v) is 22.8. The second-order valence-electron chi connectivity index (χ2n) is 17.1. The van der Waals surface area contributed by atoms with Gasteiger partial charge in [-0.05, 0) is 97.1 Å². The van der Waals surface area contributed by atoms with E-state index in [9.17, 15) is 54.1 Å². The summed E-state index contributed by atoms with van der Waals surface area (Å²) in [6.07, 6.45) is -8.53. The van der Waals surface area contributed by atoms with Crippen LogP contribution in [0.15, 0.2) is 106 Å². The second-order valence-corrected chi connectivity index (χ2v) is 20.6. The molecule has 3 aromatic carbocycles. The van der Waals surface area contributed by atoms with Crippen LogP contribution in [0.4, 0.5) is 22.0 Å². The van der Waals surface area contributed by atoms with Crippen molar-refractivity contribution in [2.75, 3.05) is 0 Å². The summed E-state index contributed by atoms with van der Waals surface area (Å²) in [5.74, 6) is -3.35. The summed E-state index contributed by atoms with van der Waals surface area (Å²) in [5, 5.41) is -5.92. The van der Waals surface area contributed by atoms with Crippen LogP contribution < -0.4 is 0 Å². The molecular weight excluding hydrogens is 828 g/mol. The Morgan fingerprint density at radius 2 is 1.33 bits per heavy atom. The molecule has 60 heavy (non-hydrogen) atoms. The normalized spacial score (nSPS) is 29.0. The first-order chi connectivity index (χ1) is 28.1. The predicted octanol–water partition coefficient (Wildman–Crippen LogP) is 9.38. The highest BCUT2D eigenvalue weighted by atomic mass is 32.2. The maximum absolute atomic E-state index is 13.8. The molecule has 0 saturated heterocycles. The summed E-state index contributed by atoms with van der Waals surface area (Å²) in [6, 6.07) is 32.2. The average Bonchev–Trinajstić information content (AvgIpc) is 3.56. The third-order valence-corrected chi connectivity index (χ3v) is 16.9. The predicted molar refractivity (Wildman–Crippen MR) is 211 cm³/mol. The summed E-state index contributed by atoms with van der Waals surface area (Å²) < 4.78 is 103. The Bertz CT molecular complexity index is 2060. The van der Waals surface area contributed by atoms with Crippen LogP contribution >= 0.6 is 0 Å². The van der Waals surface area contributed by atoms with Crippen LogP contribution in [0.25, 0.3) is 0 Å². The fourth-order valence-corrected chi connectivity index (χ4v) is 13.2. The largest absolute Gasteiger partial charge is 0.743 e. The summed E-state index contributed by atoms with van der Waals surface area (Å²) in [4.78, 5) is 55.6. The van der Waals surface area contributed by atoms with Crippen molar-refractivity contribution in [2.24, 2.45) is 46.3 Å². The molecule has 4 fully saturated rings. The highest BCUT2D eigenvalue weighted by molar-refractivity contribution is 7.97. The number of fused-ring (bicyclic) bond motifs is 5. The van der Waals surface area contributed by atoms with Gasteiger partial charge in [0.25, 0.3) is 6.10 Å². The van der Waals surface area contributed by atoms with Crippen LogP contribution in [0.3, 0.4) is 0 Å². The number of ketones is 3. The number of halogens is 5. The van der Waals surface area contributed by atoms with Crippen molar-refractivity contribution in [2.45, 2.75) is 111 Å². The van der Waals surface area contributed by atoms with E-state index in [4.69, 9.17) is 0 Å². The molecule has 324 valence electrons. The molecule has 4 aliphatic rings. The van der Waals surface area contributed by atoms with Crippen molar-refractivity contribution in [3.63, 3.8) is 0 Å². The van der Waals surface area contributed by atoms with Gasteiger partial charge in [0.15, 0.2) is 24.8 Å². The third kappa shape index (κ3) is 8.86. The van der Waals surface area contributed by atoms with E-state index in [0.717, 1.165) is 0 Å². The molecule has 0 spiro atoms. The Hall–Kier alpha value is -3.95. The van der Waals surface area contributed by atoms with Gasteiger partial charge in [-0.25, -0.2) is 8.42 Å². The molecule has 9 atom stereocenters. The highest BCUT2D eigenvalue weighted by Crippen LogP contribution is 2.66. The zero-order valence-electron chi connectivity index (χ0n) is 33.5. The number of alkyl halides is 5. The van der Waals surface area contributed by atoms with Crippen molar-refractivity contribution in [1.82, 2.24) is 0 Å². The van der Waals surface area contributed by atoms with Crippen LogP contribution in [0, 0.1) is 46.3 Å². The molecule has 0 heterocycles. The standard InChI is InChI=1S/C27H35F5O8S.C18H15S/c1-13(4-7-21(36)40-23(26(28,29)30)27(31,32)41(37,38)39)16-5-6-17-22-18(12-20(35)25(16,17)3)24(2)9-8-15(33)10-14(24)11-19(22)34;1-4-10-16(11-5-1)19(17-12-6-2-7-13-17)18-14-8-3-9-15-18/h13-14,16-18,22-23H,4-12H2,1-3H3,(H,37,38,39);1-15H/q;+1/p-1. The number of rotatable bonds is 10. The number of hydrogen-bond acceptors (Lipinski definition) is 8. The quantitative estimate of drug-likeness (QED) is 0.0852. The molecule has 9 unspecified atom stereocenters. The van der Waals surface area contributed by atoms with Crippen molar-refractivity contribution < 1.29 is 58.8 Å². The number of ether oxygens (including phenoxy) is 1. The van der Waals surface area contributed by atoms with Gasteiger partial charge in [-0.2, -0.15) is 22.0 Å². The lowest BCUT2D eigenvalue weighted by atomic mass is 9.44. The number of benzene rings is 3. The van der Waals surface area contributed by atoms with Crippen LogP contribution in [0.1, 0.15) is 78.6 Å². The fourth-order valence-electron chi connectivity index (χ4n) is 10.7. The van der Waals surface area contributed by atoms with Gasteiger partial charge < -0.3 is 9.29 Å². The zero-order valence-corrected chi connectivity index (χ0v) is 35.2. The number of carbonyl (C=O) groups is 4. The Kier molecular flexibility index (Phi) is 13.2. The Morgan fingerprint density at radius 1 is 0.817 bits per heavy atom. The monoisotopic (exact) mass is 876 g/mol. The number of Topliss-reactive ketones (excluding diaryl/α,β-unsaturated/α-hetero) is 3. The van der Waals surface area contributed by atoms with Crippen molar-refractivity contribution >= 4 is 44.3 Å². The first kappa shape index (κ1) is 45.6. The maximum Gasteiger partial charge on any atom is 0.432 e. The molecule has 0 aromatic heterocycles. The van der Waals surface area contributed by atoms with E-state index >= 15 is 0 Å². The molecule has 0 N–H and O–H groups in total. The van der Waals surface area contributed by atoms with Gasteiger partial charge in [0.05, 0.1) is 10.9 Å². The number of carbonyl (C=O) groups excluding carboxylic acids is 4. The number of esters is 1. The molecular formula is C45H49F5O8S2. The number of hydrogen-bond donors (Lipinski definition) is 0. The van der Waals surface area contributed by atoms with Crippen molar-refractivity contribution in [3.05, 3.63) is 91.0 Å². The highest BCUT2D eigenvalue weighted by Gasteiger charge is 2.66. The molecule has 0 radical (unpaired) electrons. The van der Waals surface area contributed by atoms with E-state index in [1.807, 2.05) is 0 Å². The molecule has 3 aromatic rings. The minimum atomic E-state index is -6.79. The Labute approximate surface area is 350 Å². The molecule has 0 aliphatic heterocycles. The van der Waals surface area contributed by atoms with E-state index in [-0.39, 0.29) is 82.5 Å². The zero-order chi connectivity index (χ0) is 43.8. The van der Waals surface area contributed by atoms with Gasteiger partial charge in [-0.15, -0.1) is 0 Å². The maximum atomic E-state index is 13.8. The third-order valence-electron chi connectivity index (χ3n) is 13.8. The van der Waals surface area contributed by atoms with Crippen molar-refractivity contribution in [1.29, 1.82) is 0 Å². The Morgan fingerprint density at radius 3 is 1.82 bits per heavy atom. The second kappa shape index (κ2) is 17.4. The van der Waals surface area contributed by atoms with E-state index in [0.29, 0.717) is 32.1 Å². The SMILES string of the molecule is CC(CCC(=O)OC(C(F)(F)F)C(F)(F)S(=O)(=O)[O-])C1CCC2C3C(=O)CC4CC(=O)CCC4(C)C3CC(=O)C12C.c1ccc([S+](c2ccccc2)c2ccccc2)cc1. The van der Waals surface area contributed by atoms with Gasteiger partial charge in [0.2, 0.25) is 0 Å². The summed E-state index contributed by atoms with van der Waals surface area (Å²) in [6.45, 7) is 5.53. The van der Waals surface area contributed by atoms with E-state index in [1.165, 1.54) is 14.7 Å². The minimum absolute atomic E-state index is 0.0146. The Balaban J connectivity index is 0.000000263. The topological polar surface area (TPSA) is 135 Å². The molecule has 15 heteroatoms. The minimum Gasteiger partial charge on any atom is -0.743 e. The van der Waals surface area contributed by atoms with Gasteiger partial charge >= 0.3 is 17.4 Å².